The highest BCUT2D eigenvalue weighted by atomic mass is 16.7. The second kappa shape index (κ2) is 11.0. The molecule has 168 valence electrons. The molecule has 1 aliphatic heterocycles. The van der Waals surface area contributed by atoms with Crippen LogP contribution in [0, 0.1) is 0 Å². The van der Waals surface area contributed by atoms with E-state index in [-0.39, 0.29) is 19.3 Å². The lowest BCUT2D eigenvalue weighted by Gasteiger charge is -2.23. The van der Waals surface area contributed by atoms with Gasteiger partial charge in [0, 0.05) is 19.2 Å². The minimum Gasteiger partial charge on any atom is -0.454 e. The van der Waals surface area contributed by atoms with Gasteiger partial charge in [-0.2, -0.15) is 0 Å². The van der Waals surface area contributed by atoms with Gasteiger partial charge in [0.15, 0.2) is 18.1 Å². The van der Waals surface area contributed by atoms with Crippen LogP contribution in [0.15, 0.2) is 84.9 Å². The van der Waals surface area contributed by atoms with Crippen LogP contribution in [0.5, 0.6) is 11.5 Å². The number of carbonyl (C=O) groups excluding carboxylic acids is 2. The second-order valence-corrected chi connectivity index (χ2v) is 7.59. The van der Waals surface area contributed by atoms with Gasteiger partial charge in [-0.15, -0.1) is 0 Å². The van der Waals surface area contributed by atoms with Crippen molar-refractivity contribution >= 4 is 18.0 Å². The van der Waals surface area contributed by atoms with Gasteiger partial charge in [-0.25, -0.2) is 4.79 Å². The Balaban J connectivity index is 1.33. The molecule has 3 aromatic carbocycles. The van der Waals surface area contributed by atoms with Gasteiger partial charge in [-0.05, 0) is 41.3 Å². The lowest BCUT2D eigenvalue weighted by Crippen LogP contribution is -2.35. The largest absolute Gasteiger partial charge is 0.454 e. The zero-order valence-corrected chi connectivity index (χ0v) is 18.2. The lowest BCUT2D eigenvalue weighted by atomic mass is 10.1. The zero-order valence-electron chi connectivity index (χ0n) is 18.2. The average molecular weight is 443 g/mol. The fraction of sp³-hybridized carbons (Fsp3) is 0.185. The number of rotatable bonds is 9. The topological polar surface area (TPSA) is 65.1 Å². The van der Waals surface area contributed by atoms with Crippen LogP contribution in [-0.2, 0) is 27.3 Å². The molecular formula is C27H25NO5. The Kier molecular flexibility index (Phi) is 7.38. The summed E-state index contributed by atoms with van der Waals surface area (Å²) in [5, 5.41) is 0. The van der Waals surface area contributed by atoms with Crippen molar-refractivity contribution in [2.45, 2.75) is 13.0 Å². The van der Waals surface area contributed by atoms with E-state index in [9.17, 15) is 9.59 Å². The monoisotopic (exact) mass is 443 g/mol. The summed E-state index contributed by atoms with van der Waals surface area (Å²) in [5.41, 5.74) is 2.94. The van der Waals surface area contributed by atoms with Crippen molar-refractivity contribution in [3.05, 3.63) is 102 Å². The van der Waals surface area contributed by atoms with Crippen molar-refractivity contribution in [1.82, 2.24) is 4.90 Å². The molecule has 3 aromatic rings. The fourth-order valence-corrected chi connectivity index (χ4v) is 3.46. The molecular weight excluding hydrogens is 418 g/mol. The highest BCUT2D eigenvalue weighted by Gasteiger charge is 2.16. The predicted molar refractivity (Wildman–Crippen MR) is 125 cm³/mol. The molecule has 0 fully saturated rings. The Morgan fingerprint density at radius 2 is 1.58 bits per heavy atom. The van der Waals surface area contributed by atoms with Crippen molar-refractivity contribution < 1.29 is 23.8 Å². The van der Waals surface area contributed by atoms with Crippen molar-refractivity contribution in [3.8, 4) is 11.5 Å². The van der Waals surface area contributed by atoms with Gasteiger partial charge >= 0.3 is 5.97 Å². The smallest absolute Gasteiger partial charge is 0.331 e. The first-order valence-corrected chi connectivity index (χ1v) is 10.8. The van der Waals surface area contributed by atoms with E-state index < -0.39 is 5.97 Å². The molecule has 0 radical (unpaired) electrons. The molecule has 0 saturated heterocycles. The van der Waals surface area contributed by atoms with Gasteiger partial charge in [-0.3, -0.25) is 4.79 Å². The van der Waals surface area contributed by atoms with Crippen LogP contribution in [0.25, 0.3) is 6.08 Å². The maximum absolute atomic E-state index is 12.9. The Morgan fingerprint density at radius 1 is 0.879 bits per heavy atom. The van der Waals surface area contributed by atoms with Gasteiger partial charge in [0.25, 0.3) is 5.91 Å². The van der Waals surface area contributed by atoms with Gasteiger partial charge in [-0.1, -0.05) is 66.7 Å². The van der Waals surface area contributed by atoms with E-state index in [4.69, 9.17) is 14.2 Å². The molecule has 1 amide bonds. The highest BCUT2D eigenvalue weighted by Crippen LogP contribution is 2.32. The molecule has 0 bridgehead atoms. The van der Waals surface area contributed by atoms with Crippen LogP contribution in [0.1, 0.15) is 16.7 Å². The molecule has 0 aromatic heterocycles. The number of esters is 1. The molecule has 6 heteroatoms. The van der Waals surface area contributed by atoms with Crippen LogP contribution in [0.3, 0.4) is 0 Å². The first kappa shape index (κ1) is 22.1. The molecule has 6 nitrogen and oxygen atoms in total. The minimum atomic E-state index is -0.580. The van der Waals surface area contributed by atoms with Crippen LogP contribution in [0.2, 0.25) is 0 Å². The number of carbonyl (C=O) groups is 2. The molecule has 1 aliphatic rings. The normalized spacial score (nSPS) is 12.0. The minimum absolute atomic E-state index is 0.191. The molecule has 33 heavy (non-hydrogen) atoms. The predicted octanol–water partition coefficient (Wildman–Crippen LogP) is 4.24. The maximum atomic E-state index is 12.9. The highest BCUT2D eigenvalue weighted by molar-refractivity contribution is 5.89. The summed E-state index contributed by atoms with van der Waals surface area (Å²) in [6.45, 7) is 0.863. The molecule has 0 saturated carbocycles. The first-order valence-electron chi connectivity index (χ1n) is 10.8. The number of amides is 1. The molecule has 0 N–H and O–H groups in total. The fourth-order valence-electron chi connectivity index (χ4n) is 3.46. The second-order valence-electron chi connectivity index (χ2n) is 7.59. The third-order valence-corrected chi connectivity index (χ3v) is 5.23. The Bertz CT molecular complexity index is 1110. The molecule has 0 aliphatic carbocycles. The molecule has 0 atom stereocenters. The van der Waals surface area contributed by atoms with E-state index in [1.54, 1.807) is 23.1 Å². The van der Waals surface area contributed by atoms with E-state index >= 15 is 0 Å². The number of benzene rings is 3. The van der Waals surface area contributed by atoms with Crippen LogP contribution < -0.4 is 9.47 Å². The Morgan fingerprint density at radius 3 is 2.33 bits per heavy atom. The zero-order chi connectivity index (χ0) is 22.9. The molecule has 0 spiro atoms. The average Bonchev–Trinajstić information content (AvgIpc) is 3.33. The number of ether oxygens (including phenoxy) is 3. The van der Waals surface area contributed by atoms with E-state index in [0.717, 1.165) is 23.1 Å². The van der Waals surface area contributed by atoms with Crippen molar-refractivity contribution in [2.24, 2.45) is 0 Å². The van der Waals surface area contributed by atoms with Crippen molar-refractivity contribution in [1.29, 1.82) is 0 Å². The van der Waals surface area contributed by atoms with Gasteiger partial charge in [0.1, 0.15) is 0 Å². The summed E-state index contributed by atoms with van der Waals surface area (Å²) in [5.74, 6) is 0.494. The quantitative estimate of drug-likeness (QED) is 0.366. The van der Waals surface area contributed by atoms with Gasteiger partial charge in [0.05, 0.1) is 0 Å². The van der Waals surface area contributed by atoms with E-state index in [0.29, 0.717) is 24.6 Å². The summed E-state index contributed by atoms with van der Waals surface area (Å²) in [4.78, 5) is 26.8. The van der Waals surface area contributed by atoms with E-state index in [1.807, 2.05) is 66.7 Å². The van der Waals surface area contributed by atoms with Crippen molar-refractivity contribution in [3.63, 3.8) is 0 Å². The third-order valence-electron chi connectivity index (χ3n) is 5.23. The summed E-state index contributed by atoms with van der Waals surface area (Å²) >= 11 is 0. The number of nitrogens with zero attached hydrogens (tertiary/aromatic N) is 1. The van der Waals surface area contributed by atoms with Crippen LogP contribution >= 0.6 is 0 Å². The summed E-state index contributed by atoms with van der Waals surface area (Å²) < 4.78 is 15.8. The van der Waals surface area contributed by atoms with Gasteiger partial charge < -0.3 is 19.1 Å². The summed E-state index contributed by atoms with van der Waals surface area (Å²) in [7, 11) is 0. The summed E-state index contributed by atoms with van der Waals surface area (Å²) in [6, 6.07) is 25.1. The first-order chi connectivity index (χ1) is 16.2. The molecule has 0 unspecified atom stereocenters. The van der Waals surface area contributed by atoms with Crippen molar-refractivity contribution in [2.75, 3.05) is 19.9 Å². The van der Waals surface area contributed by atoms with E-state index in [1.165, 1.54) is 6.08 Å². The Labute approximate surface area is 193 Å². The third kappa shape index (κ3) is 6.46. The number of hydrogen-bond donors (Lipinski definition) is 0. The molecule has 1 heterocycles. The number of hydrogen-bond acceptors (Lipinski definition) is 5. The lowest BCUT2D eigenvalue weighted by molar-refractivity contribution is -0.148. The Hall–Kier alpha value is -4.06. The number of fused-ring (bicyclic) bond motifs is 1. The standard InChI is InChI=1S/C27H25NO5/c29-26(19-31-27(30)14-12-22-11-13-24-25(17-22)33-20-32-24)28(18-23-9-5-2-6-10-23)16-15-21-7-3-1-4-8-21/h1-14,17H,15-16,18-20H2/b14-12+. The van der Waals surface area contributed by atoms with E-state index in [2.05, 4.69) is 0 Å². The van der Waals surface area contributed by atoms with Gasteiger partial charge in [0.2, 0.25) is 6.79 Å². The van der Waals surface area contributed by atoms with Crippen LogP contribution in [-0.4, -0.2) is 36.7 Å². The van der Waals surface area contributed by atoms with Crippen LogP contribution in [0.4, 0.5) is 0 Å². The summed E-state index contributed by atoms with van der Waals surface area (Å²) in [6.07, 6.45) is 3.64. The SMILES string of the molecule is O=C(/C=C/c1ccc2c(c1)OCO2)OCC(=O)N(CCc1ccccc1)Cc1ccccc1. The maximum Gasteiger partial charge on any atom is 0.331 e. The molecule has 4 rings (SSSR count).